The Balaban J connectivity index is 1.48. The number of hydrogen-bond acceptors (Lipinski definition) is 3. The first kappa shape index (κ1) is 28.8. The summed E-state index contributed by atoms with van der Waals surface area (Å²) < 4.78 is 13.3. The van der Waals surface area contributed by atoms with Crippen LogP contribution in [0.5, 0.6) is 0 Å². The van der Waals surface area contributed by atoms with Crippen molar-refractivity contribution in [1.29, 1.82) is 0 Å². The van der Waals surface area contributed by atoms with Gasteiger partial charge in [-0.2, -0.15) is 0 Å². The summed E-state index contributed by atoms with van der Waals surface area (Å²) in [6, 6.07) is 14.5. The van der Waals surface area contributed by atoms with E-state index in [1.54, 1.807) is 12.1 Å². The van der Waals surface area contributed by atoms with Gasteiger partial charge in [0.05, 0.1) is 0 Å². The normalized spacial score (nSPS) is 14.1. The van der Waals surface area contributed by atoms with Crippen LogP contribution in [-0.4, -0.2) is 65.8 Å². The molecule has 0 aliphatic carbocycles. The zero-order valence-corrected chi connectivity index (χ0v) is 22.8. The van der Waals surface area contributed by atoms with Crippen LogP contribution >= 0.6 is 0 Å². The fourth-order valence-corrected chi connectivity index (χ4v) is 4.80. The number of unbranched alkanes of at least 4 members (excludes halogenated alkanes) is 4. The molecule has 202 valence electrons. The van der Waals surface area contributed by atoms with Crippen LogP contribution in [0.15, 0.2) is 48.5 Å². The molecule has 0 spiro atoms. The molecule has 2 aromatic rings. The Kier molecular flexibility index (Phi) is 12.1. The minimum Gasteiger partial charge on any atom is -0.337 e. The number of hydrogen-bond donors (Lipinski definition) is 0. The monoisotopic (exact) mass is 509 g/mol. The predicted molar refractivity (Wildman–Crippen MR) is 148 cm³/mol. The lowest BCUT2D eigenvalue weighted by atomic mass is 10.0. The molecular weight excluding hydrogens is 465 g/mol. The number of aryl methyl sites for hydroxylation is 1. The molecule has 6 heteroatoms. The second kappa shape index (κ2) is 15.5. The third-order valence-corrected chi connectivity index (χ3v) is 7.25. The molecule has 0 N–H and O–H groups in total. The zero-order chi connectivity index (χ0) is 26.5. The van der Waals surface area contributed by atoms with Crippen LogP contribution in [-0.2, 0) is 17.8 Å². The summed E-state index contributed by atoms with van der Waals surface area (Å²) in [5, 5.41) is 0. The second-order valence-electron chi connectivity index (χ2n) is 10.2. The maximum atomic E-state index is 13.3. The average Bonchev–Trinajstić information content (AvgIpc) is 2.92. The highest BCUT2D eigenvalue weighted by Gasteiger charge is 2.23. The summed E-state index contributed by atoms with van der Waals surface area (Å²) in [5.74, 6) is -0.00608. The van der Waals surface area contributed by atoms with E-state index in [9.17, 15) is 14.0 Å². The van der Waals surface area contributed by atoms with Crippen molar-refractivity contribution in [3.63, 3.8) is 0 Å². The van der Waals surface area contributed by atoms with Gasteiger partial charge in [0.1, 0.15) is 5.82 Å². The molecule has 1 heterocycles. The molecule has 0 atom stereocenters. The maximum Gasteiger partial charge on any atom is 0.253 e. The van der Waals surface area contributed by atoms with Gasteiger partial charge in [0.25, 0.3) is 5.91 Å². The van der Waals surface area contributed by atoms with Crippen molar-refractivity contribution >= 4 is 11.8 Å². The van der Waals surface area contributed by atoms with Gasteiger partial charge in [-0.15, -0.1) is 0 Å². The van der Waals surface area contributed by atoms with E-state index in [1.165, 1.54) is 37.0 Å². The fraction of sp³-hybridized carbons (Fsp3) is 0.548. The van der Waals surface area contributed by atoms with Crippen molar-refractivity contribution in [2.75, 3.05) is 39.3 Å². The lowest BCUT2D eigenvalue weighted by Gasteiger charge is -2.36. The first-order valence-electron chi connectivity index (χ1n) is 14.1. The van der Waals surface area contributed by atoms with E-state index in [4.69, 9.17) is 0 Å². The van der Waals surface area contributed by atoms with Gasteiger partial charge in [0.2, 0.25) is 5.91 Å². The van der Waals surface area contributed by atoms with E-state index in [-0.39, 0.29) is 17.6 Å². The van der Waals surface area contributed by atoms with E-state index in [0.29, 0.717) is 32.6 Å². The molecule has 1 fully saturated rings. The van der Waals surface area contributed by atoms with Crippen LogP contribution in [0.2, 0.25) is 0 Å². The first-order valence-corrected chi connectivity index (χ1v) is 14.1. The van der Waals surface area contributed by atoms with Crippen molar-refractivity contribution in [2.45, 2.75) is 71.8 Å². The second-order valence-corrected chi connectivity index (χ2v) is 10.2. The fourth-order valence-electron chi connectivity index (χ4n) is 4.80. The Labute approximate surface area is 222 Å². The average molecular weight is 510 g/mol. The molecule has 0 radical (unpaired) electrons. The van der Waals surface area contributed by atoms with Crippen LogP contribution in [0.3, 0.4) is 0 Å². The third-order valence-electron chi connectivity index (χ3n) is 7.25. The lowest BCUT2D eigenvalue weighted by Crippen LogP contribution is -2.50. The number of rotatable bonds is 14. The van der Waals surface area contributed by atoms with Gasteiger partial charge in [-0.05, 0) is 54.7 Å². The number of carbonyl (C=O) groups is 2. The molecule has 0 unspecified atom stereocenters. The van der Waals surface area contributed by atoms with E-state index >= 15 is 0 Å². The van der Waals surface area contributed by atoms with Crippen LogP contribution in [0.1, 0.15) is 80.3 Å². The van der Waals surface area contributed by atoms with Crippen LogP contribution in [0.4, 0.5) is 4.39 Å². The molecule has 0 aromatic heterocycles. The van der Waals surface area contributed by atoms with Gasteiger partial charge < -0.3 is 9.80 Å². The zero-order valence-electron chi connectivity index (χ0n) is 22.8. The van der Waals surface area contributed by atoms with Gasteiger partial charge in [-0.3, -0.25) is 14.5 Å². The van der Waals surface area contributed by atoms with Gasteiger partial charge in [0, 0.05) is 57.8 Å². The minimum atomic E-state index is -0.264. The molecule has 5 nitrogen and oxygen atoms in total. The van der Waals surface area contributed by atoms with Crippen molar-refractivity contribution in [3.05, 3.63) is 71.0 Å². The highest BCUT2D eigenvalue weighted by Crippen LogP contribution is 2.14. The van der Waals surface area contributed by atoms with E-state index in [1.807, 2.05) is 21.9 Å². The molecule has 1 aliphatic heterocycles. The number of piperazine rings is 1. The van der Waals surface area contributed by atoms with Crippen LogP contribution in [0, 0.1) is 5.82 Å². The first-order chi connectivity index (χ1) is 18.0. The molecule has 1 saturated heterocycles. The Hall–Kier alpha value is -2.73. The summed E-state index contributed by atoms with van der Waals surface area (Å²) in [5.41, 5.74) is 3.00. The van der Waals surface area contributed by atoms with E-state index in [0.717, 1.165) is 56.4 Å². The Morgan fingerprint density at radius 1 is 0.811 bits per heavy atom. The predicted octanol–water partition coefficient (Wildman–Crippen LogP) is 5.93. The number of carbonyl (C=O) groups excluding carboxylic acids is 2. The summed E-state index contributed by atoms with van der Waals surface area (Å²) >= 11 is 0. The summed E-state index contributed by atoms with van der Waals surface area (Å²) in [6.45, 7) is 9.24. The minimum absolute atomic E-state index is 0.101. The summed E-state index contributed by atoms with van der Waals surface area (Å²) in [6.07, 6.45) is 8.29. The smallest absolute Gasteiger partial charge is 0.253 e. The number of halogens is 1. The quantitative estimate of drug-likeness (QED) is 0.297. The van der Waals surface area contributed by atoms with Crippen LogP contribution < -0.4 is 0 Å². The largest absolute Gasteiger partial charge is 0.337 e. The molecule has 1 aliphatic rings. The maximum absolute atomic E-state index is 13.3. The molecule has 0 bridgehead atoms. The number of nitrogens with zero attached hydrogens (tertiary/aromatic N) is 3. The molecule has 2 amide bonds. The molecular formula is C31H44FN3O2. The third kappa shape index (κ3) is 9.58. The van der Waals surface area contributed by atoms with Gasteiger partial charge in [-0.1, -0.05) is 63.8 Å². The number of amides is 2. The van der Waals surface area contributed by atoms with Gasteiger partial charge >= 0.3 is 0 Å². The van der Waals surface area contributed by atoms with Crippen LogP contribution in [0.25, 0.3) is 0 Å². The van der Waals surface area contributed by atoms with Crippen molar-refractivity contribution in [3.8, 4) is 0 Å². The Morgan fingerprint density at radius 2 is 1.43 bits per heavy atom. The van der Waals surface area contributed by atoms with Crippen molar-refractivity contribution < 1.29 is 14.0 Å². The standard InChI is InChI=1S/C31H44FN3O2/c1-3-5-7-9-26-11-15-28(16-12-26)31(37)34-22-19-33(20-23-34)21-24-35(30(36)10-8-6-4-2)25-27-13-17-29(32)18-14-27/h11-18H,3-10,19-25H2,1-2H3. The highest BCUT2D eigenvalue weighted by atomic mass is 19.1. The molecule has 3 rings (SSSR count). The van der Waals surface area contributed by atoms with E-state index in [2.05, 4.69) is 30.9 Å². The molecule has 2 aromatic carbocycles. The van der Waals surface area contributed by atoms with Gasteiger partial charge in [0.15, 0.2) is 0 Å². The van der Waals surface area contributed by atoms with E-state index < -0.39 is 0 Å². The highest BCUT2D eigenvalue weighted by molar-refractivity contribution is 5.94. The van der Waals surface area contributed by atoms with Crippen molar-refractivity contribution in [1.82, 2.24) is 14.7 Å². The number of benzene rings is 2. The van der Waals surface area contributed by atoms with Gasteiger partial charge in [-0.25, -0.2) is 4.39 Å². The Bertz CT molecular complexity index is 953. The molecule has 37 heavy (non-hydrogen) atoms. The topological polar surface area (TPSA) is 43.9 Å². The Morgan fingerprint density at radius 3 is 2.08 bits per heavy atom. The SMILES string of the molecule is CCCCCC(=O)N(CCN1CCN(C(=O)c2ccc(CCCCC)cc2)CC1)Cc1ccc(F)cc1. The van der Waals surface area contributed by atoms with Crippen molar-refractivity contribution in [2.24, 2.45) is 0 Å². The molecule has 0 saturated carbocycles. The summed E-state index contributed by atoms with van der Waals surface area (Å²) in [4.78, 5) is 32.1. The lowest BCUT2D eigenvalue weighted by molar-refractivity contribution is -0.132. The summed E-state index contributed by atoms with van der Waals surface area (Å²) in [7, 11) is 0.